The Morgan fingerprint density at radius 3 is 2.80 bits per heavy atom. The van der Waals surface area contributed by atoms with E-state index in [9.17, 15) is 0 Å². The molecule has 2 aliphatic heterocycles. The number of piperidine rings is 1. The number of rotatable bonds is 2. The molecule has 0 bridgehead atoms. The van der Waals surface area contributed by atoms with Gasteiger partial charge in [0.05, 0.1) is 0 Å². The van der Waals surface area contributed by atoms with E-state index in [0.29, 0.717) is 17.1 Å². The zero-order valence-corrected chi connectivity index (χ0v) is 12.5. The molecule has 5 heteroatoms. The molecule has 3 heterocycles. The molecule has 2 saturated heterocycles. The van der Waals surface area contributed by atoms with E-state index < -0.39 is 0 Å². The van der Waals surface area contributed by atoms with Gasteiger partial charge in [-0.15, -0.1) is 0 Å². The van der Waals surface area contributed by atoms with Crippen LogP contribution in [0.3, 0.4) is 0 Å². The molecule has 4 nitrogen and oxygen atoms in total. The van der Waals surface area contributed by atoms with Gasteiger partial charge in [0.15, 0.2) is 0 Å². The minimum atomic E-state index is 0.559. The molecule has 0 aromatic carbocycles. The molecule has 1 aromatic rings. The van der Waals surface area contributed by atoms with Gasteiger partial charge >= 0.3 is 0 Å². The summed E-state index contributed by atoms with van der Waals surface area (Å²) in [6, 6.07) is 2.64. The third-order valence-electron chi connectivity index (χ3n) is 4.80. The fourth-order valence-electron chi connectivity index (χ4n) is 3.47. The van der Waals surface area contributed by atoms with Crippen molar-refractivity contribution in [2.24, 2.45) is 0 Å². The Balaban J connectivity index is 1.55. The monoisotopic (exact) mass is 292 g/mol. The Morgan fingerprint density at radius 1 is 1.05 bits per heavy atom. The molecule has 0 radical (unpaired) electrons. The molecule has 3 aliphatic rings. The highest BCUT2D eigenvalue weighted by Crippen LogP contribution is 2.39. The number of hydrogen-bond acceptors (Lipinski definition) is 4. The first-order chi connectivity index (χ1) is 9.79. The third-order valence-corrected chi connectivity index (χ3v) is 5.00. The number of piperazine rings is 1. The van der Waals surface area contributed by atoms with Crippen LogP contribution >= 0.6 is 11.6 Å². The van der Waals surface area contributed by atoms with Crippen LogP contribution in [0.4, 0.5) is 5.82 Å². The second kappa shape index (κ2) is 5.15. The molecule has 0 spiro atoms. The average molecular weight is 293 g/mol. The predicted octanol–water partition coefficient (Wildman–Crippen LogP) is 2.68. The Kier molecular flexibility index (Phi) is 3.31. The summed E-state index contributed by atoms with van der Waals surface area (Å²) in [5, 5.41) is 0.600. The topological polar surface area (TPSA) is 32.3 Å². The molecule has 20 heavy (non-hydrogen) atoms. The normalized spacial score (nSPS) is 27.4. The van der Waals surface area contributed by atoms with Gasteiger partial charge in [0.25, 0.3) is 0 Å². The van der Waals surface area contributed by atoms with Crippen LogP contribution < -0.4 is 4.90 Å². The first kappa shape index (κ1) is 12.8. The number of halogens is 1. The first-order valence-electron chi connectivity index (χ1n) is 7.83. The van der Waals surface area contributed by atoms with Crippen LogP contribution in [0.5, 0.6) is 0 Å². The summed E-state index contributed by atoms with van der Waals surface area (Å²) >= 11 is 6.19. The van der Waals surface area contributed by atoms with Gasteiger partial charge in [-0.25, -0.2) is 9.97 Å². The first-order valence-corrected chi connectivity index (χ1v) is 8.21. The summed E-state index contributed by atoms with van der Waals surface area (Å²) in [5.41, 5.74) is 0. The lowest BCUT2D eigenvalue weighted by atomic mass is 9.99. The highest BCUT2D eigenvalue weighted by molar-refractivity contribution is 6.29. The van der Waals surface area contributed by atoms with Gasteiger partial charge in [0.2, 0.25) is 0 Å². The minimum absolute atomic E-state index is 0.559. The standard InChI is InChI=1S/C15H21ClN4/c16-13-9-14(18-15(17-13)11-4-5-11)20-8-7-19-6-2-1-3-12(19)10-20/h9,11-12H,1-8,10H2. The van der Waals surface area contributed by atoms with E-state index >= 15 is 0 Å². The second-order valence-corrected chi connectivity index (χ2v) is 6.70. The number of fused-ring (bicyclic) bond motifs is 1. The Morgan fingerprint density at radius 2 is 1.95 bits per heavy atom. The number of hydrogen-bond donors (Lipinski definition) is 0. The Bertz CT molecular complexity index is 503. The molecule has 108 valence electrons. The van der Waals surface area contributed by atoms with E-state index in [1.165, 1.54) is 38.6 Å². The van der Waals surface area contributed by atoms with E-state index in [-0.39, 0.29) is 0 Å². The van der Waals surface area contributed by atoms with E-state index in [1.807, 2.05) is 6.07 Å². The van der Waals surface area contributed by atoms with Gasteiger partial charge in [0, 0.05) is 37.7 Å². The van der Waals surface area contributed by atoms with Gasteiger partial charge in [-0.2, -0.15) is 0 Å². The van der Waals surface area contributed by atoms with Gasteiger partial charge in [-0.1, -0.05) is 18.0 Å². The summed E-state index contributed by atoms with van der Waals surface area (Å²) in [7, 11) is 0. The zero-order valence-electron chi connectivity index (χ0n) is 11.8. The van der Waals surface area contributed by atoms with Gasteiger partial charge in [-0.3, -0.25) is 4.90 Å². The SMILES string of the molecule is Clc1cc(N2CCN3CCCCC3C2)nc(C2CC2)n1. The van der Waals surface area contributed by atoms with Crippen LogP contribution in [0, 0.1) is 0 Å². The largest absolute Gasteiger partial charge is 0.354 e. The molecule has 1 unspecified atom stereocenters. The van der Waals surface area contributed by atoms with Crippen LogP contribution in [0.2, 0.25) is 5.15 Å². The molecule has 4 rings (SSSR count). The van der Waals surface area contributed by atoms with Crippen molar-refractivity contribution in [3.63, 3.8) is 0 Å². The van der Waals surface area contributed by atoms with E-state index in [0.717, 1.165) is 31.3 Å². The highest BCUT2D eigenvalue weighted by Gasteiger charge is 2.31. The third kappa shape index (κ3) is 2.51. The molecule has 1 aliphatic carbocycles. The molecule has 1 aromatic heterocycles. The summed E-state index contributed by atoms with van der Waals surface area (Å²) in [6.45, 7) is 4.59. The van der Waals surface area contributed by atoms with Crippen LogP contribution in [0.1, 0.15) is 43.8 Å². The Hall–Kier alpha value is -0.870. The lowest BCUT2D eigenvalue weighted by molar-refractivity contribution is 0.133. The van der Waals surface area contributed by atoms with Crippen LogP contribution in [0.15, 0.2) is 6.07 Å². The number of anilines is 1. The summed E-state index contributed by atoms with van der Waals surface area (Å²) in [6.07, 6.45) is 6.49. The second-order valence-electron chi connectivity index (χ2n) is 6.31. The van der Waals surface area contributed by atoms with Crippen molar-refractivity contribution < 1.29 is 0 Å². The minimum Gasteiger partial charge on any atom is -0.354 e. The molecule has 3 fully saturated rings. The van der Waals surface area contributed by atoms with E-state index in [4.69, 9.17) is 16.6 Å². The molecule has 1 saturated carbocycles. The summed E-state index contributed by atoms with van der Waals surface area (Å²) < 4.78 is 0. The molecular formula is C15H21ClN4. The molecule has 0 amide bonds. The van der Waals surface area contributed by atoms with Crippen molar-refractivity contribution >= 4 is 17.4 Å². The maximum absolute atomic E-state index is 6.19. The average Bonchev–Trinajstić information content (AvgIpc) is 3.31. The van der Waals surface area contributed by atoms with Gasteiger partial charge in [-0.05, 0) is 32.2 Å². The number of aromatic nitrogens is 2. The maximum atomic E-state index is 6.19. The Labute approximate surface area is 125 Å². The fraction of sp³-hybridized carbons (Fsp3) is 0.733. The van der Waals surface area contributed by atoms with Crippen LogP contribution in [0.25, 0.3) is 0 Å². The van der Waals surface area contributed by atoms with Crippen molar-refractivity contribution in [2.45, 2.75) is 44.1 Å². The molecule has 0 N–H and O–H groups in total. The zero-order chi connectivity index (χ0) is 13.5. The van der Waals surface area contributed by atoms with Crippen LogP contribution in [-0.4, -0.2) is 47.1 Å². The van der Waals surface area contributed by atoms with E-state index in [1.54, 1.807) is 0 Å². The van der Waals surface area contributed by atoms with E-state index in [2.05, 4.69) is 14.8 Å². The van der Waals surface area contributed by atoms with Gasteiger partial charge < -0.3 is 4.90 Å². The fourth-order valence-corrected chi connectivity index (χ4v) is 3.66. The maximum Gasteiger partial charge on any atom is 0.135 e. The highest BCUT2D eigenvalue weighted by atomic mass is 35.5. The number of nitrogens with zero attached hydrogens (tertiary/aromatic N) is 4. The van der Waals surface area contributed by atoms with Crippen LogP contribution in [-0.2, 0) is 0 Å². The van der Waals surface area contributed by atoms with Crippen molar-refractivity contribution in [3.8, 4) is 0 Å². The van der Waals surface area contributed by atoms with Crippen molar-refractivity contribution in [1.29, 1.82) is 0 Å². The lowest BCUT2D eigenvalue weighted by Crippen LogP contribution is -2.55. The smallest absolute Gasteiger partial charge is 0.135 e. The van der Waals surface area contributed by atoms with Crippen molar-refractivity contribution in [3.05, 3.63) is 17.0 Å². The summed E-state index contributed by atoms with van der Waals surface area (Å²) in [5.74, 6) is 2.55. The summed E-state index contributed by atoms with van der Waals surface area (Å²) in [4.78, 5) is 14.2. The quantitative estimate of drug-likeness (QED) is 0.785. The van der Waals surface area contributed by atoms with Crippen molar-refractivity contribution in [2.75, 3.05) is 31.1 Å². The van der Waals surface area contributed by atoms with Gasteiger partial charge in [0.1, 0.15) is 16.8 Å². The molecular weight excluding hydrogens is 272 g/mol. The lowest BCUT2D eigenvalue weighted by Gasteiger charge is -2.44. The van der Waals surface area contributed by atoms with Crippen molar-refractivity contribution in [1.82, 2.24) is 14.9 Å². The molecule has 1 atom stereocenters. The predicted molar refractivity (Wildman–Crippen MR) is 80.4 cm³/mol.